The first-order chi connectivity index (χ1) is 14.6. The van der Waals surface area contributed by atoms with Crippen molar-refractivity contribution in [2.24, 2.45) is 5.41 Å². The average molecular weight is 436 g/mol. The molecule has 8 nitrogen and oxygen atoms in total. The molecule has 0 saturated carbocycles. The molecule has 2 heterocycles. The number of aromatic hydroxyl groups is 1. The van der Waals surface area contributed by atoms with Crippen LogP contribution in [0.2, 0.25) is 0 Å². The summed E-state index contributed by atoms with van der Waals surface area (Å²) in [5.74, 6) is -3.91. The maximum atomic E-state index is 13.8. The van der Waals surface area contributed by atoms with Crippen LogP contribution >= 0.6 is 0 Å². The highest BCUT2D eigenvalue weighted by Gasteiger charge is 2.48. The molecule has 1 aromatic heterocycles. The third-order valence-corrected chi connectivity index (χ3v) is 5.49. The van der Waals surface area contributed by atoms with E-state index in [2.05, 4.69) is 5.32 Å². The molecule has 3 rings (SSSR count). The summed E-state index contributed by atoms with van der Waals surface area (Å²) < 4.78 is 38.7. The van der Waals surface area contributed by atoms with Gasteiger partial charge in [-0.2, -0.15) is 0 Å². The number of aromatic nitrogens is 1. The van der Waals surface area contributed by atoms with Crippen LogP contribution in [0.15, 0.2) is 29.2 Å². The maximum absolute atomic E-state index is 13.8. The number of amides is 1. The number of hydrogen-bond acceptors (Lipinski definition) is 6. The Hall–Kier alpha value is -3.11. The summed E-state index contributed by atoms with van der Waals surface area (Å²) in [6.45, 7) is 1.39. The van der Waals surface area contributed by atoms with Gasteiger partial charge in [0, 0.05) is 38.6 Å². The lowest BCUT2D eigenvalue weighted by atomic mass is 9.76. The summed E-state index contributed by atoms with van der Waals surface area (Å²) in [5, 5.41) is 12.8. The Morgan fingerprint density at radius 2 is 2.03 bits per heavy atom. The average Bonchev–Trinajstić information content (AvgIpc) is 2.72. The quantitative estimate of drug-likeness (QED) is 0.713. The highest BCUT2D eigenvalue weighted by Crippen LogP contribution is 2.36. The molecule has 31 heavy (non-hydrogen) atoms. The number of carbonyl (C=O) groups excluding carboxylic acids is 2. The molecule has 166 valence electrons. The van der Waals surface area contributed by atoms with E-state index in [9.17, 15) is 28.3 Å². The molecular formula is C21H22F2N2O6. The van der Waals surface area contributed by atoms with E-state index in [1.807, 2.05) is 0 Å². The van der Waals surface area contributed by atoms with Crippen molar-refractivity contribution in [3.05, 3.63) is 63.1 Å². The van der Waals surface area contributed by atoms with Crippen LogP contribution in [-0.2, 0) is 22.6 Å². The van der Waals surface area contributed by atoms with E-state index in [-0.39, 0.29) is 31.0 Å². The second-order valence-electron chi connectivity index (χ2n) is 7.54. The molecule has 2 atom stereocenters. The van der Waals surface area contributed by atoms with Crippen LogP contribution in [0.5, 0.6) is 5.75 Å². The minimum Gasteiger partial charge on any atom is -0.503 e. The normalized spacial score (nSPS) is 20.4. The number of ketones is 1. The number of halogens is 2. The van der Waals surface area contributed by atoms with E-state index in [4.69, 9.17) is 9.47 Å². The number of pyridine rings is 1. The smallest absolute Gasteiger partial charge is 0.257 e. The van der Waals surface area contributed by atoms with Crippen molar-refractivity contribution < 1.29 is 33.0 Å². The van der Waals surface area contributed by atoms with Crippen LogP contribution < -0.4 is 10.7 Å². The minimum absolute atomic E-state index is 0.00341. The molecule has 0 bridgehead atoms. The molecule has 2 aromatic rings. The van der Waals surface area contributed by atoms with Gasteiger partial charge in [0.15, 0.2) is 11.5 Å². The number of nitrogens with zero attached hydrogens (tertiary/aromatic N) is 1. The van der Waals surface area contributed by atoms with E-state index >= 15 is 0 Å². The van der Waals surface area contributed by atoms with Crippen LogP contribution in [0.4, 0.5) is 8.78 Å². The van der Waals surface area contributed by atoms with Crippen molar-refractivity contribution >= 4 is 11.7 Å². The molecule has 2 N–H and O–H groups in total. The van der Waals surface area contributed by atoms with E-state index in [1.54, 1.807) is 6.92 Å². The Labute approximate surface area is 176 Å². The number of Topliss-reactive ketones (excluding diaryl/α,β-unsaturated/α-hetero) is 1. The molecule has 0 saturated heterocycles. The molecular weight excluding hydrogens is 414 g/mol. The SMILES string of the molecule is COC[C@]1(C)C(=O)c2c(O)c(=O)c(C(=O)NCc3ccc(F)cc3F)cn2C[C@@H]1OC. The molecule has 0 radical (unpaired) electrons. The van der Waals surface area contributed by atoms with E-state index in [1.165, 1.54) is 24.9 Å². The summed E-state index contributed by atoms with van der Waals surface area (Å²) in [5.41, 5.74) is -2.83. The van der Waals surface area contributed by atoms with E-state index in [0.717, 1.165) is 12.3 Å². The molecule has 0 unspecified atom stereocenters. The number of hydrogen-bond donors (Lipinski definition) is 2. The lowest BCUT2D eigenvalue weighted by molar-refractivity contribution is -0.0449. The first-order valence-corrected chi connectivity index (χ1v) is 9.39. The van der Waals surface area contributed by atoms with Gasteiger partial charge in [0.25, 0.3) is 5.91 Å². The second-order valence-corrected chi connectivity index (χ2v) is 7.54. The standard InChI is InChI=1S/C21H22F2N2O6/c1-21(10-30-2)15(31-3)9-25-8-13(17(26)18(27)16(25)19(21)28)20(29)24-7-11-4-5-12(22)6-14(11)23/h4-6,8,15,27H,7,9-10H2,1-3H3,(H,24,29)/t15-,21-/m0/s1. The van der Waals surface area contributed by atoms with Gasteiger partial charge in [-0.15, -0.1) is 0 Å². The van der Waals surface area contributed by atoms with Gasteiger partial charge in [0.2, 0.25) is 5.43 Å². The van der Waals surface area contributed by atoms with Gasteiger partial charge >= 0.3 is 0 Å². The number of fused-ring (bicyclic) bond motifs is 1. The number of ether oxygens (including phenoxy) is 2. The largest absolute Gasteiger partial charge is 0.503 e. The fourth-order valence-electron chi connectivity index (χ4n) is 3.72. The molecule has 0 fully saturated rings. The van der Waals surface area contributed by atoms with Crippen molar-refractivity contribution in [1.82, 2.24) is 9.88 Å². The topological polar surface area (TPSA) is 107 Å². The van der Waals surface area contributed by atoms with Crippen LogP contribution in [0, 0.1) is 17.0 Å². The molecule has 1 aliphatic rings. The van der Waals surface area contributed by atoms with Gasteiger partial charge in [-0.05, 0) is 13.0 Å². The molecule has 0 spiro atoms. The van der Waals surface area contributed by atoms with Crippen molar-refractivity contribution in [3.63, 3.8) is 0 Å². The Balaban J connectivity index is 1.94. The third-order valence-electron chi connectivity index (χ3n) is 5.49. The predicted molar refractivity (Wildman–Crippen MR) is 105 cm³/mol. The van der Waals surface area contributed by atoms with Crippen LogP contribution in [0.25, 0.3) is 0 Å². The van der Waals surface area contributed by atoms with Crippen molar-refractivity contribution in [1.29, 1.82) is 0 Å². The van der Waals surface area contributed by atoms with Gasteiger partial charge in [-0.3, -0.25) is 14.4 Å². The zero-order chi connectivity index (χ0) is 22.9. The Kier molecular flexibility index (Phi) is 6.23. The summed E-state index contributed by atoms with van der Waals surface area (Å²) in [6, 6.07) is 2.88. The number of benzene rings is 1. The first kappa shape index (κ1) is 22.6. The fourth-order valence-corrected chi connectivity index (χ4v) is 3.72. The summed E-state index contributed by atoms with van der Waals surface area (Å²) in [4.78, 5) is 38.2. The van der Waals surface area contributed by atoms with Gasteiger partial charge in [0.1, 0.15) is 22.9 Å². The van der Waals surface area contributed by atoms with E-state index in [0.29, 0.717) is 6.07 Å². The van der Waals surface area contributed by atoms with E-state index < -0.39 is 51.6 Å². The van der Waals surface area contributed by atoms with Gasteiger partial charge in [-0.25, -0.2) is 8.78 Å². The lowest BCUT2D eigenvalue weighted by Gasteiger charge is -2.40. The fraction of sp³-hybridized carbons (Fsp3) is 0.381. The molecule has 10 heteroatoms. The van der Waals surface area contributed by atoms with Crippen molar-refractivity contribution in [3.8, 4) is 5.75 Å². The van der Waals surface area contributed by atoms with Crippen LogP contribution in [0.3, 0.4) is 0 Å². The van der Waals surface area contributed by atoms with Gasteiger partial charge in [-0.1, -0.05) is 6.07 Å². The summed E-state index contributed by atoms with van der Waals surface area (Å²) in [6.07, 6.45) is 0.517. The number of methoxy groups -OCH3 is 2. The van der Waals surface area contributed by atoms with Crippen LogP contribution in [-0.4, -0.2) is 48.3 Å². The number of rotatable bonds is 6. The number of nitrogens with one attached hydrogen (secondary N) is 1. The highest BCUT2D eigenvalue weighted by atomic mass is 19.1. The second kappa shape index (κ2) is 8.56. The summed E-state index contributed by atoms with van der Waals surface area (Å²) >= 11 is 0. The van der Waals surface area contributed by atoms with Crippen LogP contribution in [0.1, 0.15) is 33.3 Å². The summed E-state index contributed by atoms with van der Waals surface area (Å²) in [7, 11) is 2.84. The number of carbonyl (C=O) groups is 2. The molecule has 1 aliphatic heterocycles. The van der Waals surface area contributed by atoms with Crippen molar-refractivity contribution in [2.75, 3.05) is 20.8 Å². The monoisotopic (exact) mass is 436 g/mol. The van der Waals surface area contributed by atoms with Gasteiger partial charge < -0.3 is 24.5 Å². The lowest BCUT2D eigenvalue weighted by Crippen LogP contribution is -2.52. The predicted octanol–water partition coefficient (Wildman–Crippen LogP) is 1.63. The van der Waals surface area contributed by atoms with Crippen molar-refractivity contribution in [2.45, 2.75) is 26.1 Å². The Morgan fingerprint density at radius 1 is 1.32 bits per heavy atom. The zero-order valence-corrected chi connectivity index (χ0v) is 17.2. The van der Waals surface area contributed by atoms with Gasteiger partial charge in [0.05, 0.1) is 24.7 Å². The Morgan fingerprint density at radius 3 is 2.65 bits per heavy atom. The zero-order valence-electron chi connectivity index (χ0n) is 17.2. The molecule has 1 amide bonds. The first-order valence-electron chi connectivity index (χ1n) is 9.39. The maximum Gasteiger partial charge on any atom is 0.257 e. The molecule has 0 aliphatic carbocycles. The highest BCUT2D eigenvalue weighted by molar-refractivity contribution is 6.03. The Bertz CT molecular complexity index is 1100. The molecule has 1 aromatic carbocycles. The minimum atomic E-state index is -1.14. The third kappa shape index (κ3) is 3.96.